The zero-order valence-corrected chi connectivity index (χ0v) is 22.7. The number of esters is 1. The van der Waals surface area contributed by atoms with Crippen LogP contribution in [0.25, 0.3) is 0 Å². The van der Waals surface area contributed by atoms with Crippen molar-refractivity contribution in [3.05, 3.63) is 59.7 Å². The van der Waals surface area contributed by atoms with Gasteiger partial charge in [-0.25, -0.2) is 9.59 Å². The van der Waals surface area contributed by atoms with Gasteiger partial charge in [-0.1, -0.05) is 24.8 Å². The van der Waals surface area contributed by atoms with Crippen molar-refractivity contribution in [3.63, 3.8) is 0 Å². The summed E-state index contributed by atoms with van der Waals surface area (Å²) < 4.78 is 105. The number of carbonyl (C=O) groups is 3. The summed E-state index contributed by atoms with van der Waals surface area (Å²) in [5.41, 5.74) is -3.74. The van der Waals surface area contributed by atoms with Crippen LogP contribution in [-0.2, 0) is 23.6 Å². The van der Waals surface area contributed by atoms with E-state index in [1.165, 1.54) is 18.2 Å². The van der Waals surface area contributed by atoms with E-state index in [-0.39, 0.29) is 35.3 Å². The molecule has 0 spiro atoms. The molecule has 1 heterocycles. The maximum absolute atomic E-state index is 13.4. The van der Waals surface area contributed by atoms with Crippen LogP contribution in [0.15, 0.2) is 54.2 Å². The van der Waals surface area contributed by atoms with E-state index in [9.17, 15) is 45.8 Å². The summed E-state index contributed by atoms with van der Waals surface area (Å²) in [5.74, 6) is -4.61. The van der Waals surface area contributed by atoms with Crippen LogP contribution in [-0.4, -0.2) is 66.9 Å². The first-order valence-corrected chi connectivity index (χ1v) is 12.3. The Labute approximate surface area is 236 Å². The highest BCUT2D eigenvalue weighted by atomic mass is 19.4. The molecule has 2 rings (SSSR count). The lowest BCUT2D eigenvalue weighted by Crippen LogP contribution is -2.42. The highest BCUT2D eigenvalue weighted by Gasteiger charge is 2.49. The number of carboxylic acid groups (broad SMARTS) is 1. The highest BCUT2D eigenvalue weighted by Crippen LogP contribution is 2.35. The van der Waals surface area contributed by atoms with Crippen LogP contribution in [0.5, 0.6) is 11.5 Å². The lowest BCUT2D eigenvalue weighted by atomic mass is 9.84. The predicted octanol–water partition coefficient (Wildman–Crippen LogP) is 5.46. The molecule has 1 N–H and O–H groups in total. The third-order valence-electron chi connectivity index (χ3n) is 5.16. The number of aliphatic carboxylic acids is 1. The van der Waals surface area contributed by atoms with E-state index in [0.29, 0.717) is 0 Å². The zero-order chi connectivity index (χ0) is 32.0. The second-order valence-corrected chi connectivity index (χ2v) is 9.24. The van der Waals surface area contributed by atoms with E-state index in [4.69, 9.17) is 23.5 Å². The van der Waals surface area contributed by atoms with Crippen molar-refractivity contribution in [2.75, 3.05) is 0 Å². The van der Waals surface area contributed by atoms with Gasteiger partial charge < -0.3 is 28.6 Å². The van der Waals surface area contributed by atoms with Gasteiger partial charge in [-0.05, 0) is 45.9 Å². The van der Waals surface area contributed by atoms with Crippen molar-refractivity contribution in [1.29, 1.82) is 0 Å². The zero-order valence-electron chi connectivity index (χ0n) is 22.7. The van der Waals surface area contributed by atoms with Gasteiger partial charge in [0.1, 0.15) is 17.1 Å². The molecule has 0 bridgehead atoms. The molecule has 1 fully saturated rings. The molecule has 0 amide bonds. The number of rotatable bonds is 12. The second kappa shape index (κ2) is 13.8. The van der Waals surface area contributed by atoms with Crippen molar-refractivity contribution in [3.8, 4) is 11.5 Å². The van der Waals surface area contributed by atoms with E-state index in [2.05, 4.69) is 6.58 Å². The van der Waals surface area contributed by atoms with E-state index in [0.717, 1.165) is 0 Å². The Morgan fingerprint density at radius 3 is 1.98 bits per heavy atom. The molecule has 0 radical (unpaired) electrons. The molecule has 230 valence electrons. The molecule has 1 aromatic rings. The number of ether oxygens (including phenoxy) is 3. The number of hydrogen-bond donors (Lipinski definition) is 1. The first-order valence-electron chi connectivity index (χ1n) is 12.3. The Bertz CT molecular complexity index is 1210. The molecule has 42 heavy (non-hydrogen) atoms. The van der Waals surface area contributed by atoms with E-state index >= 15 is 0 Å². The summed E-state index contributed by atoms with van der Waals surface area (Å²) in [6, 6.07) is 4.30. The fourth-order valence-electron chi connectivity index (χ4n) is 3.48. The molecule has 0 aromatic heterocycles. The summed E-state index contributed by atoms with van der Waals surface area (Å²) in [6.07, 6.45) is -16.4. The molecule has 1 aliphatic heterocycles. The number of benzene rings is 1. The molecular weight excluding hydrogens is 581 g/mol. The van der Waals surface area contributed by atoms with Crippen LogP contribution in [0.4, 0.5) is 26.3 Å². The van der Waals surface area contributed by atoms with E-state index in [1.807, 2.05) is 0 Å². The average Bonchev–Trinajstić information content (AvgIpc) is 3.19. The Morgan fingerprint density at radius 1 is 1.02 bits per heavy atom. The van der Waals surface area contributed by atoms with Gasteiger partial charge in [0.15, 0.2) is 6.10 Å². The van der Waals surface area contributed by atoms with Crippen LogP contribution < -0.4 is 9.47 Å². The number of alkyl halides is 6. The van der Waals surface area contributed by atoms with Crippen LogP contribution in [0.3, 0.4) is 0 Å². The maximum Gasteiger partial charge on any atom is 0.532 e. The molecule has 16 heteroatoms. The van der Waals surface area contributed by atoms with Gasteiger partial charge in [0.2, 0.25) is 6.10 Å². The molecular formula is C26H27BF6O9. The summed E-state index contributed by atoms with van der Waals surface area (Å²) >= 11 is 0. The van der Waals surface area contributed by atoms with Crippen molar-refractivity contribution in [2.24, 2.45) is 0 Å². The fourth-order valence-corrected chi connectivity index (χ4v) is 3.48. The monoisotopic (exact) mass is 608 g/mol. The van der Waals surface area contributed by atoms with Gasteiger partial charge in [0.25, 0.3) is 0 Å². The third kappa shape index (κ3) is 9.29. The Morgan fingerprint density at radius 2 is 1.55 bits per heavy atom. The summed E-state index contributed by atoms with van der Waals surface area (Å²) in [4.78, 5) is 37.5. The van der Waals surface area contributed by atoms with Crippen molar-refractivity contribution >= 4 is 25.0 Å². The lowest BCUT2D eigenvalue weighted by Gasteiger charge is -2.21. The van der Waals surface area contributed by atoms with Crippen molar-refractivity contribution in [1.82, 2.24) is 0 Å². The van der Waals surface area contributed by atoms with E-state index in [1.54, 1.807) is 27.7 Å². The predicted molar refractivity (Wildman–Crippen MR) is 135 cm³/mol. The topological polar surface area (TPSA) is 118 Å². The molecule has 9 nitrogen and oxygen atoms in total. The molecule has 0 aliphatic carbocycles. The van der Waals surface area contributed by atoms with Gasteiger partial charge in [0.05, 0.1) is 23.4 Å². The normalized spacial score (nSPS) is 17.3. The van der Waals surface area contributed by atoms with Crippen molar-refractivity contribution in [2.45, 2.75) is 70.8 Å². The molecule has 0 saturated carbocycles. The number of carboxylic acids is 1. The quantitative estimate of drug-likeness (QED) is 0.143. The van der Waals surface area contributed by atoms with Gasteiger partial charge in [-0.15, -0.1) is 0 Å². The van der Waals surface area contributed by atoms with Gasteiger partial charge in [-0.2, -0.15) is 26.3 Å². The van der Waals surface area contributed by atoms with Crippen LogP contribution >= 0.6 is 0 Å². The SMILES string of the molecule is C=C/C(=C\C(=C/CB1OC(=O)[C@@H]([C@@H](OC(=O)c2c(OC(C)C)cccc2OC(C)C)C(=O)O)O1)C(F)(F)F)C(F)(F)F. The minimum Gasteiger partial charge on any atom is -0.507 e. The first kappa shape index (κ1) is 34.3. The third-order valence-corrected chi connectivity index (χ3v) is 5.16. The molecule has 1 aromatic carbocycles. The number of halogens is 6. The van der Waals surface area contributed by atoms with Gasteiger partial charge in [-0.3, -0.25) is 4.79 Å². The summed E-state index contributed by atoms with van der Waals surface area (Å²) in [5, 5.41) is 9.68. The smallest absolute Gasteiger partial charge is 0.507 e. The number of hydrogen-bond acceptors (Lipinski definition) is 8. The van der Waals surface area contributed by atoms with Gasteiger partial charge in [0, 0.05) is 6.32 Å². The standard InChI is InChI=1S/C26H27BF6O9/c1-6-15(25(28,29)30)12-16(26(31,32)33)10-11-27-41-21(24(37)42-27)20(22(34)35)40-23(36)19-17(38-13(2)3)8-7-9-18(19)39-14(4)5/h6-10,12-14,20-21H,1,11H2,2-5H3,(H,34,35)/b15-12+,16-10+/t20-,21-/m1/s1. The Hall–Kier alpha value is -3.95. The van der Waals surface area contributed by atoms with Crippen LogP contribution in [0, 0.1) is 0 Å². The van der Waals surface area contributed by atoms with Crippen molar-refractivity contribution < 1.29 is 69.4 Å². The fraction of sp³-hybridized carbons (Fsp3) is 0.423. The average molecular weight is 608 g/mol. The second-order valence-electron chi connectivity index (χ2n) is 9.24. The minimum absolute atomic E-state index is 0.0271. The molecule has 0 unspecified atom stereocenters. The number of allylic oxidation sites excluding steroid dienone is 5. The summed E-state index contributed by atoms with van der Waals surface area (Å²) in [6.45, 7) is 9.48. The van der Waals surface area contributed by atoms with Crippen LogP contribution in [0.1, 0.15) is 38.1 Å². The van der Waals surface area contributed by atoms with E-state index < -0.39 is 79.3 Å². The maximum atomic E-state index is 13.4. The Balaban J connectivity index is 2.34. The van der Waals surface area contributed by atoms with Gasteiger partial charge >= 0.3 is 37.4 Å². The molecule has 2 atom stereocenters. The first-order chi connectivity index (χ1) is 19.3. The Kier molecular flexibility index (Phi) is 11.3. The number of carbonyl (C=O) groups excluding carboxylic acids is 2. The summed E-state index contributed by atoms with van der Waals surface area (Å²) in [7, 11) is -1.84. The molecule has 1 saturated heterocycles. The largest absolute Gasteiger partial charge is 0.532 e. The lowest BCUT2D eigenvalue weighted by molar-refractivity contribution is -0.158. The van der Waals surface area contributed by atoms with Crippen LogP contribution in [0.2, 0.25) is 6.32 Å². The highest BCUT2D eigenvalue weighted by molar-refractivity contribution is 6.49. The molecule has 1 aliphatic rings. The minimum atomic E-state index is -5.25.